The number of hydrogen-bond donors (Lipinski definition) is 2. The molecule has 1 heterocycles. The van der Waals surface area contributed by atoms with Crippen LogP contribution in [-0.4, -0.2) is 12.9 Å². The Labute approximate surface area is 85.8 Å². The molecule has 1 rings (SSSR count). The zero-order chi connectivity index (χ0) is 10.8. The Balaban J connectivity index is 3.09. The van der Waals surface area contributed by atoms with Crippen LogP contribution in [0.3, 0.4) is 0 Å². The zero-order valence-corrected chi connectivity index (χ0v) is 9.33. The van der Waals surface area contributed by atoms with Crippen LogP contribution in [0.5, 0.6) is 0 Å². The number of amidine groups is 1. The Kier molecular flexibility index (Phi) is 2.99. The lowest BCUT2D eigenvalue weighted by molar-refractivity contribution is 0.382. The van der Waals surface area contributed by atoms with Crippen molar-refractivity contribution in [1.82, 2.24) is 5.32 Å². The fourth-order valence-corrected chi connectivity index (χ4v) is 1.39. The van der Waals surface area contributed by atoms with Crippen LogP contribution < -0.4 is 11.1 Å². The first kappa shape index (κ1) is 10.8. The predicted octanol–water partition coefficient (Wildman–Crippen LogP) is 1.64. The number of rotatable bonds is 1. The predicted molar refractivity (Wildman–Crippen MR) is 60.9 cm³/mol. The highest BCUT2D eigenvalue weighted by Gasteiger charge is 2.25. The standard InChI is InChI=1S/C11H19N3/c1-8(2)11(3)5-6-14-10(13-4)9(12)7-11/h5-8H,12H2,1-4H3,(H,13,14). The van der Waals surface area contributed by atoms with Crippen molar-refractivity contribution in [2.24, 2.45) is 22.1 Å². The Morgan fingerprint density at radius 2 is 2.14 bits per heavy atom. The Morgan fingerprint density at radius 3 is 2.64 bits per heavy atom. The smallest absolute Gasteiger partial charge is 0.147 e. The van der Waals surface area contributed by atoms with E-state index in [0.717, 1.165) is 5.84 Å². The summed E-state index contributed by atoms with van der Waals surface area (Å²) < 4.78 is 0. The molecule has 1 unspecified atom stereocenters. The molecule has 78 valence electrons. The van der Waals surface area contributed by atoms with Crippen LogP contribution in [-0.2, 0) is 0 Å². The SMILES string of the molecule is CN=C1NC=CC(C)(C(C)C)C=C1N. The third-order valence-corrected chi connectivity index (χ3v) is 2.87. The lowest BCUT2D eigenvalue weighted by Crippen LogP contribution is -2.24. The molecule has 3 heteroatoms. The normalized spacial score (nSPS) is 30.1. The fourth-order valence-electron chi connectivity index (χ4n) is 1.39. The van der Waals surface area contributed by atoms with Gasteiger partial charge in [-0.3, -0.25) is 4.99 Å². The average molecular weight is 193 g/mol. The van der Waals surface area contributed by atoms with Crippen molar-refractivity contribution in [3.8, 4) is 0 Å². The topological polar surface area (TPSA) is 50.4 Å². The highest BCUT2D eigenvalue weighted by molar-refractivity contribution is 5.98. The van der Waals surface area contributed by atoms with Crippen molar-refractivity contribution >= 4 is 5.84 Å². The van der Waals surface area contributed by atoms with Crippen molar-refractivity contribution in [3.05, 3.63) is 24.0 Å². The van der Waals surface area contributed by atoms with Gasteiger partial charge >= 0.3 is 0 Å². The summed E-state index contributed by atoms with van der Waals surface area (Å²) in [5.41, 5.74) is 6.65. The lowest BCUT2D eigenvalue weighted by Gasteiger charge is -2.26. The van der Waals surface area contributed by atoms with Gasteiger partial charge in [-0.1, -0.05) is 26.8 Å². The maximum absolute atomic E-state index is 5.93. The summed E-state index contributed by atoms with van der Waals surface area (Å²) >= 11 is 0. The maximum Gasteiger partial charge on any atom is 0.147 e. The summed E-state index contributed by atoms with van der Waals surface area (Å²) in [5, 5.41) is 3.07. The van der Waals surface area contributed by atoms with Crippen molar-refractivity contribution in [3.63, 3.8) is 0 Å². The van der Waals surface area contributed by atoms with E-state index in [0.29, 0.717) is 11.6 Å². The van der Waals surface area contributed by atoms with E-state index in [1.54, 1.807) is 7.05 Å². The first-order chi connectivity index (χ1) is 6.49. The van der Waals surface area contributed by atoms with Gasteiger partial charge in [0.15, 0.2) is 0 Å². The van der Waals surface area contributed by atoms with Gasteiger partial charge < -0.3 is 11.1 Å². The Morgan fingerprint density at radius 1 is 1.50 bits per heavy atom. The molecule has 0 spiro atoms. The summed E-state index contributed by atoms with van der Waals surface area (Å²) in [6.07, 6.45) is 6.11. The van der Waals surface area contributed by atoms with Crippen LogP contribution in [0.1, 0.15) is 20.8 Å². The largest absolute Gasteiger partial charge is 0.396 e. The molecular formula is C11H19N3. The fraction of sp³-hybridized carbons (Fsp3) is 0.545. The van der Waals surface area contributed by atoms with Gasteiger partial charge in [-0.2, -0.15) is 0 Å². The first-order valence-corrected chi connectivity index (χ1v) is 4.89. The molecular weight excluding hydrogens is 174 g/mol. The quantitative estimate of drug-likeness (QED) is 0.665. The zero-order valence-electron chi connectivity index (χ0n) is 9.33. The average Bonchev–Trinajstić information content (AvgIpc) is 2.25. The van der Waals surface area contributed by atoms with Crippen LogP contribution in [0.25, 0.3) is 0 Å². The Bertz CT molecular complexity index is 300. The number of hydrogen-bond acceptors (Lipinski definition) is 2. The van der Waals surface area contributed by atoms with Gasteiger partial charge in [-0.05, 0) is 18.2 Å². The number of nitrogens with two attached hydrogens (primary N) is 1. The molecule has 0 aliphatic carbocycles. The van der Waals surface area contributed by atoms with E-state index in [1.807, 2.05) is 6.20 Å². The molecule has 0 aromatic heterocycles. The number of nitrogens with one attached hydrogen (secondary N) is 1. The van der Waals surface area contributed by atoms with Gasteiger partial charge in [-0.25, -0.2) is 0 Å². The first-order valence-electron chi connectivity index (χ1n) is 4.89. The minimum Gasteiger partial charge on any atom is -0.396 e. The van der Waals surface area contributed by atoms with Gasteiger partial charge in [0, 0.05) is 12.5 Å². The molecule has 1 aliphatic heterocycles. The summed E-state index contributed by atoms with van der Waals surface area (Å²) in [6.45, 7) is 6.53. The number of aliphatic imine (C=N–C) groups is 1. The second kappa shape index (κ2) is 3.86. The molecule has 14 heavy (non-hydrogen) atoms. The molecule has 0 aromatic rings. The van der Waals surface area contributed by atoms with Gasteiger partial charge in [0.1, 0.15) is 5.84 Å². The van der Waals surface area contributed by atoms with Crippen molar-refractivity contribution < 1.29 is 0 Å². The van der Waals surface area contributed by atoms with Crippen LogP contribution in [0.2, 0.25) is 0 Å². The van der Waals surface area contributed by atoms with E-state index in [1.165, 1.54) is 0 Å². The van der Waals surface area contributed by atoms with E-state index < -0.39 is 0 Å². The van der Waals surface area contributed by atoms with E-state index >= 15 is 0 Å². The van der Waals surface area contributed by atoms with Crippen molar-refractivity contribution in [2.75, 3.05) is 7.05 Å². The van der Waals surface area contributed by atoms with Crippen LogP contribution in [0.4, 0.5) is 0 Å². The molecule has 1 aliphatic rings. The van der Waals surface area contributed by atoms with Crippen LogP contribution in [0.15, 0.2) is 29.0 Å². The lowest BCUT2D eigenvalue weighted by atomic mass is 9.78. The summed E-state index contributed by atoms with van der Waals surface area (Å²) in [5.74, 6) is 1.25. The second-order valence-electron chi connectivity index (χ2n) is 4.17. The molecule has 0 saturated carbocycles. The highest BCUT2D eigenvalue weighted by atomic mass is 15.0. The number of allylic oxidation sites excluding steroid dienone is 2. The minimum atomic E-state index is 0.00350. The molecule has 3 N–H and O–H groups in total. The third-order valence-electron chi connectivity index (χ3n) is 2.87. The van der Waals surface area contributed by atoms with Crippen LogP contribution in [0, 0.1) is 11.3 Å². The van der Waals surface area contributed by atoms with Gasteiger partial charge in [0.05, 0.1) is 5.70 Å². The molecule has 0 bridgehead atoms. The highest BCUT2D eigenvalue weighted by Crippen LogP contribution is 2.31. The Hall–Kier alpha value is -1.25. The monoisotopic (exact) mass is 193 g/mol. The molecule has 1 atom stereocenters. The van der Waals surface area contributed by atoms with E-state index in [2.05, 4.69) is 43.2 Å². The second-order valence-corrected chi connectivity index (χ2v) is 4.17. The maximum atomic E-state index is 5.93. The van der Waals surface area contributed by atoms with Crippen LogP contribution >= 0.6 is 0 Å². The van der Waals surface area contributed by atoms with Gasteiger partial charge in [0.2, 0.25) is 0 Å². The molecule has 0 fully saturated rings. The van der Waals surface area contributed by atoms with Gasteiger partial charge in [-0.15, -0.1) is 0 Å². The summed E-state index contributed by atoms with van der Waals surface area (Å²) in [6, 6.07) is 0. The van der Waals surface area contributed by atoms with Gasteiger partial charge in [0.25, 0.3) is 0 Å². The summed E-state index contributed by atoms with van der Waals surface area (Å²) in [4.78, 5) is 4.07. The molecule has 0 saturated heterocycles. The van der Waals surface area contributed by atoms with E-state index in [-0.39, 0.29) is 5.41 Å². The number of nitrogens with zero attached hydrogens (tertiary/aromatic N) is 1. The van der Waals surface area contributed by atoms with Crippen molar-refractivity contribution in [1.29, 1.82) is 0 Å². The molecule has 0 amide bonds. The minimum absolute atomic E-state index is 0.00350. The van der Waals surface area contributed by atoms with E-state index in [9.17, 15) is 0 Å². The summed E-state index contributed by atoms with van der Waals surface area (Å²) in [7, 11) is 1.73. The molecule has 0 radical (unpaired) electrons. The molecule has 3 nitrogen and oxygen atoms in total. The molecule has 0 aromatic carbocycles. The van der Waals surface area contributed by atoms with Crippen molar-refractivity contribution in [2.45, 2.75) is 20.8 Å². The van der Waals surface area contributed by atoms with E-state index in [4.69, 9.17) is 5.73 Å². The third kappa shape index (κ3) is 1.97.